The summed E-state index contributed by atoms with van der Waals surface area (Å²) in [6.45, 7) is 5.86. The zero-order valence-electron chi connectivity index (χ0n) is 48.0. The van der Waals surface area contributed by atoms with E-state index in [0.717, 1.165) is 128 Å². The number of hydrogen-bond acceptors (Lipinski definition) is 16. The van der Waals surface area contributed by atoms with Gasteiger partial charge in [0.05, 0.1) is 32.8 Å². The third-order valence-corrected chi connectivity index (χ3v) is 14.8. The van der Waals surface area contributed by atoms with Gasteiger partial charge in [-0.1, -0.05) is 64.8 Å². The summed E-state index contributed by atoms with van der Waals surface area (Å²) in [6, 6.07) is 17.3. The average molecular weight is 1360 g/mol. The molecule has 0 unspecified atom stereocenters. The maximum absolute atomic E-state index is 10.7. The molecule has 0 fully saturated rings. The maximum Gasteiger partial charge on any atom is 0.329 e. The number of aromatic nitrogens is 11. The number of nitro groups is 1. The number of terminal acetylenes is 5. The molecule has 26 heteroatoms. The smallest absolute Gasteiger partial charge is 0.329 e. The number of imidazole rings is 3. The summed E-state index contributed by atoms with van der Waals surface area (Å²) in [5.74, 6) is 13.9. The molecule has 8 heterocycles. The first kappa shape index (κ1) is 73.6. The first-order valence-electron chi connectivity index (χ1n) is 26.3. The molecule has 0 aliphatic rings. The second-order valence-electron chi connectivity index (χ2n) is 17.9. The Kier molecular flexibility index (Phi) is 33.2. The van der Waals surface area contributed by atoms with Crippen LogP contribution < -0.4 is 27.8 Å². The molecule has 0 aliphatic heterocycles. The minimum atomic E-state index is -0.557. The Hall–Kier alpha value is -7.66. The average Bonchev–Trinajstić information content (AvgIpc) is 2.35. The summed E-state index contributed by atoms with van der Waals surface area (Å²) in [4.78, 5) is 41.9. The number of aryl methyl sites for hydroxylation is 4. The SMILES string of the molecule is C#CCCCNc1ccnc(Cl)c1N.C#CCCCNc1ccnc(Cl)c1[N+](=O)[O-].C#CCCCn1c(=S)[nH]c2c(Cl)nccc21.C#CCCCn1c(=S)[nH]c2c(N)nccc21.C#CCCCn1c(Sc2ccccc2C)nc2c(N)nccc21.[CH3-].[Y]. The van der Waals surface area contributed by atoms with Gasteiger partial charge in [0.1, 0.15) is 28.1 Å². The second-order valence-corrected chi connectivity index (χ2v) is 20.8. The van der Waals surface area contributed by atoms with Crippen LogP contribution in [-0.4, -0.2) is 71.6 Å². The number of nitrogens with one attached hydrogen (secondary N) is 4. The summed E-state index contributed by atoms with van der Waals surface area (Å²) in [7, 11) is 0. The quantitative estimate of drug-likeness (QED) is 0.00711. The van der Waals surface area contributed by atoms with E-state index in [1.54, 1.807) is 42.6 Å². The van der Waals surface area contributed by atoms with E-state index in [-0.39, 0.29) is 51.0 Å². The second kappa shape index (κ2) is 39.2. The topological polar surface area (TPSA) is 269 Å². The summed E-state index contributed by atoms with van der Waals surface area (Å²) in [5.41, 5.74) is 25.4. The molecule has 0 bridgehead atoms. The van der Waals surface area contributed by atoms with Crippen LogP contribution in [0.5, 0.6) is 0 Å². The summed E-state index contributed by atoms with van der Waals surface area (Å²) in [6.07, 6.45) is 42.1. The molecule has 0 aliphatic carbocycles. The van der Waals surface area contributed by atoms with E-state index in [4.69, 9.17) is 114 Å². The number of aromatic amines is 2. The summed E-state index contributed by atoms with van der Waals surface area (Å²) in [5, 5.41) is 18.4. The molecule has 19 nitrogen and oxygen atoms in total. The molecule has 8 aromatic heterocycles. The van der Waals surface area contributed by atoms with Crippen LogP contribution in [0.3, 0.4) is 0 Å². The van der Waals surface area contributed by atoms with E-state index < -0.39 is 4.92 Å². The molecule has 449 valence electrons. The fourth-order valence-corrected chi connectivity index (χ4v) is 10.1. The first-order valence-corrected chi connectivity index (χ1v) is 29.1. The first-order chi connectivity index (χ1) is 41.1. The fourth-order valence-electron chi connectivity index (χ4n) is 7.90. The van der Waals surface area contributed by atoms with Crippen LogP contribution in [0.2, 0.25) is 15.5 Å². The number of anilines is 5. The number of H-pyrrole nitrogens is 2. The third-order valence-electron chi connectivity index (χ3n) is 12.1. The van der Waals surface area contributed by atoms with Gasteiger partial charge < -0.3 is 58.9 Å². The fraction of sp³-hybridized carbons (Fsp3) is 0.262. The molecular weight excluding hydrogens is 1290 g/mol. The van der Waals surface area contributed by atoms with Crippen LogP contribution in [0.15, 0.2) is 95.6 Å². The Morgan fingerprint density at radius 2 is 1.06 bits per heavy atom. The van der Waals surface area contributed by atoms with Crippen molar-refractivity contribution in [3.05, 3.63) is 134 Å². The maximum atomic E-state index is 10.7. The third kappa shape index (κ3) is 21.9. The Morgan fingerprint density at radius 1 is 0.609 bits per heavy atom. The zero-order valence-corrected chi connectivity index (χ0v) is 55.6. The molecule has 0 saturated carbocycles. The van der Waals surface area contributed by atoms with Crippen molar-refractivity contribution in [2.24, 2.45) is 0 Å². The molecule has 0 amide bonds. The van der Waals surface area contributed by atoms with E-state index in [1.807, 2.05) is 39.5 Å². The van der Waals surface area contributed by atoms with Crippen LogP contribution in [0, 0.1) is 95.7 Å². The molecular formula is C61H65Cl3N17O2S3Y-. The number of rotatable bonds is 20. The largest absolute Gasteiger partial charge is 0.395 e. The number of benzene rings is 1. The van der Waals surface area contributed by atoms with Gasteiger partial charge in [-0.15, -0.1) is 61.7 Å². The van der Waals surface area contributed by atoms with Crippen molar-refractivity contribution < 1.29 is 37.6 Å². The molecule has 1 aromatic carbocycles. The number of halogens is 3. The van der Waals surface area contributed by atoms with Crippen LogP contribution >= 0.6 is 71.0 Å². The number of pyridine rings is 5. The Bertz CT molecular complexity index is 3940. The molecule has 0 saturated heterocycles. The van der Waals surface area contributed by atoms with Crippen molar-refractivity contribution in [3.8, 4) is 61.7 Å². The minimum Gasteiger partial charge on any atom is -0.395 e. The normalized spacial score (nSPS) is 9.97. The number of nitrogens with two attached hydrogens (primary N) is 3. The molecule has 0 spiro atoms. The van der Waals surface area contributed by atoms with Crippen LogP contribution in [0.4, 0.5) is 34.4 Å². The molecule has 1 radical (unpaired) electrons. The van der Waals surface area contributed by atoms with Crippen molar-refractivity contribution in [1.82, 2.24) is 53.6 Å². The minimum absolute atomic E-state index is 0. The molecule has 87 heavy (non-hydrogen) atoms. The van der Waals surface area contributed by atoms with Crippen molar-refractivity contribution in [2.75, 3.05) is 40.9 Å². The van der Waals surface area contributed by atoms with Gasteiger partial charge in [-0.25, -0.2) is 29.9 Å². The molecule has 10 N–H and O–H groups in total. The van der Waals surface area contributed by atoms with Gasteiger partial charge >= 0.3 is 5.69 Å². The summed E-state index contributed by atoms with van der Waals surface area (Å²) >= 11 is 29.5. The number of unbranched alkanes of at least 4 members (excludes halogenated alkanes) is 5. The monoisotopic (exact) mass is 1360 g/mol. The van der Waals surface area contributed by atoms with Gasteiger partial charge in [0, 0.05) is 133 Å². The van der Waals surface area contributed by atoms with E-state index in [0.29, 0.717) is 55.8 Å². The summed E-state index contributed by atoms with van der Waals surface area (Å²) < 4.78 is 7.49. The zero-order chi connectivity index (χ0) is 61.7. The van der Waals surface area contributed by atoms with Gasteiger partial charge in [-0.05, 0) is 105 Å². The van der Waals surface area contributed by atoms with E-state index in [2.05, 4.69) is 98.7 Å². The van der Waals surface area contributed by atoms with E-state index in [9.17, 15) is 10.1 Å². The van der Waals surface area contributed by atoms with E-state index in [1.165, 1.54) is 22.7 Å². The standard InChI is InChI=1S/C18H18N4S.C11H10ClN3S.C11H12N4S.C10H10ClN3O2.C10H12ClN3.CH3.Y/c1-3-4-7-12-22-14-10-11-20-17(19)16(14)21-18(22)23-15-9-6-5-8-13(15)2;2*1-2-3-4-7-15-8-5-6-13-10(12)9(8)14-11(15)16;1-2-3-4-6-12-8-5-7-13-10(11)9(8)14(15)16;1-2-3-4-6-13-8-5-7-14-10(11)9(8)12;;/h1,5-6,8-11H,4,7,12H2,2H3,(H2,19,20);1,5-6H,3-4,7H2,(H,14,16);1,5-6H,3-4,7H2,(H2,12,13)(H,14,16);1,5,7H,3-4,6H2,(H,12,13);1,5,7H,3-4,6,12H2,(H,13,14);1H3;/q;;;;;-1;. The predicted octanol–water partition coefficient (Wildman–Crippen LogP) is 14.2. The molecule has 9 rings (SSSR count). The van der Waals surface area contributed by atoms with Crippen LogP contribution in [0.25, 0.3) is 33.1 Å². The van der Waals surface area contributed by atoms with Gasteiger partial charge in [-0.3, -0.25) is 10.1 Å². The van der Waals surface area contributed by atoms with Crippen LogP contribution in [0.1, 0.15) is 69.8 Å². The van der Waals surface area contributed by atoms with Crippen molar-refractivity contribution >= 4 is 138 Å². The Labute approximate surface area is 562 Å². The molecule has 9 aromatic rings. The van der Waals surface area contributed by atoms with E-state index >= 15 is 0 Å². The van der Waals surface area contributed by atoms with Gasteiger partial charge in [0.15, 0.2) is 30.8 Å². The number of fused-ring (bicyclic) bond motifs is 3. The van der Waals surface area contributed by atoms with Crippen molar-refractivity contribution in [2.45, 2.75) is 101 Å². The Balaban J connectivity index is 0.000000286. The van der Waals surface area contributed by atoms with Gasteiger partial charge in [-0.2, -0.15) is 0 Å². The van der Waals surface area contributed by atoms with Crippen molar-refractivity contribution in [1.29, 1.82) is 0 Å². The molecule has 0 atom stereocenters. The Morgan fingerprint density at radius 3 is 1.62 bits per heavy atom. The van der Waals surface area contributed by atoms with Gasteiger partial charge in [0.25, 0.3) is 0 Å². The number of nitrogen functional groups attached to an aromatic ring is 3. The number of hydrogen-bond donors (Lipinski definition) is 7. The number of nitrogens with zero attached hydrogens (tertiary/aromatic N) is 10. The van der Waals surface area contributed by atoms with Crippen molar-refractivity contribution in [3.63, 3.8) is 0 Å². The predicted molar refractivity (Wildman–Crippen MR) is 360 cm³/mol. The van der Waals surface area contributed by atoms with Crippen LogP contribution in [-0.2, 0) is 52.3 Å². The van der Waals surface area contributed by atoms with Gasteiger partial charge in [0.2, 0.25) is 5.15 Å².